The Morgan fingerprint density at radius 2 is 2.06 bits per heavy atom. The maximum Gasteiger partial charge on any atom is 0.152 e. The van der Waals surface area contributed by atoms with Crippen LogP contribution < -0.4 is 5.32 Å². The van der Waals surface area contributed by atoms with E-state index in [0.717, 1.165) is 18.7 Å². The van der Waals surface area contributed by atoms with E-state index in [4.69, 9.17) is 4.74 Å². The molecule has 2 unspecified atom stereocenters. The van der Waals surface area contributed by atoms with E-state index < -0.39 is 9.84 Å². The summed E-state index contributed by atoms with van der Waals surface area (Å²) in [4.78, 5) is 0. The standard InChI is InChI=1S/C13H17NO3S/c15-18(16)6-5-11(9-18)17-12-7-10-3-1-2-4-13(10)14-8-12/h1-4,11-12,14H,5-9H2. The van der Waals surface area contributed by atoms with E-state index in [1.807, 2.05) is 12.1 Å². The molecule has 2 atom stereocenters. The summed E-state index contributed by atoms with van der Waals surface area (Å²) in [6, 6.07) is 8.17. The minimum atomic E-state index is -2.85. The van der Waals surface area contributed by atoms with Crippen molar-refractivity contribution in [3.05, 3.63) is 29.8 Å². The van der Waals surface area contributed by atoms with Gasteiger partial charge in [0.1, 0.15) is 0 Å². The summed E-state index contributed by atoms with van der Waals surface area (Å²) in [6.45, 7) is 0.758. The lowest BCUT2D eigenvalue weighted by Gasteiger charge is -2.28. The fraction of sp³-hybridized carbons (Fsp3) is 0.538. The topological polar surface area (TPSA) is 55.4 Å². The van der Waals surface area contributed by atoms with Gasteiger partial charge in [-0.3, -0.25) is 0 Å². The molecule has 0 saturated carbocycles. The maximum atomic E-state index is 11.4. The number of hydrogen-bond donors (Lipinski definition) is 1. The number of hydrogen-bond acceptors (Lipinski definition) is 4. The van der Waals surface area contributed by atoms with Crippen LogP contribution in [0.4, 0.5) is 5.69 Å². The number of rotatable bonds is 2. The molecule has 0 amide bonds. The molecule has 98 valence electrons. The molecule has 0 aliphatic carbocycles. The zero-order chi connectivity index (χ0) is 12.6. The summed E-state index contributed by atoms with van der Waals surface area (Å²) in [5.74, 6) is 0.458. The van der Waals surface area contributed by atoms with Crippen LogP contribution in [0.25, 0.3) is 0 Å². The zero-order valence-corrected chi connectivity index (χ0v) is 10.9. The second kappa shape index (κ2) is 4.55. The quantitative estimate of drug-likeness (QED) is 0.875. The molecule has 0 spiro atoms. The third kappa shape index (κ3) is 2.52. The van der Waals surface area contributed by atoms with Gasteiger partial charge >= 0.3 is 0 Å². The van der Waals surface area contributed by atoms with Crippen LogP contribution in [0.1, 0.15) is 12.0 Å². The Morgan fingerprint density at radius 1 is 1.22 bits per heavy atom. The summed E-state index contributed by atoms with van der Waals surface area (Å²) < 4.78 is 28.7. The first kappa shape index (κ1) is 12.0. The summed E-state index contributed by atoms with van der Waals surface area (Å²) >= 11 is 0. The number of benzene rings is 1. The summed E-state index contributed by atoms with van der Waals surface area (Å²) in [6.07, 6.45) is 1.46. The van der Waals surface area contributed by atoms with Gasteiger partial charge < -0.3 is 10.1 Å². The van der Waals surface area contributed by atoms with Crippen LogP contribution in [0, 0.1) is 0 Å². The van der Waals surface area contributed by atoms with Gasteiger partial charge in [-0.2, -0.15) is 0 Å². The van der Waals surface area contributed by atoms with E-state index in [0.29, 0.717) is 6.42 Å². The van der Waals surface area contributed by atoms with Gasteiger partial charge in [0, 0.05) is 18.7 Å². The van der Waals surface area contributed by atoms with E-state index >= 15 is 0 Å². The van der Waals surface area contributed by atoms with Crippen molar-refractivity contribution in [2.45, 2.75) is 25.0 Å². The van der Waals surface area contributed by atoms with Crippen molar-refractivity contribution < 1.29 is 13.2 Å². The van der Waals surface area contributed by atoms with E-state index in [1.165, 1.54) is 5.56 Å². The lowest BCUT2D eigenvalue weighted by molar-refractivity contribution is 0.00846. The Morgan fingerprint density at radius 3 is 2.83 bits per heavy atom. The predicted molar refractivity (Wildman–Crippen MR) is 70.6 cm³/mol. The number of para-hydroxylation sites is 1. The Bertz CT molecular complexity index is 541. The van der Waals surface area contributed by atoms with E-state index in [-0.39, 0.29) is 23.7 Å². The molecular formula is C13H17NO3S. The van der Waals surface area contributed by atoms with Crippen LogP contribution in [-0.2, 0) is 21.0 Å². The fourth-order valence-electron chi connectivity index (χ4n) is 2.65. The number of anilines is 1. The second-order valence-electron chi connectivity index (χ2n) is 5.03. The molecule has 1 fully saturated rings. The van der Waals surface area contributed by atoms with E-state index in [2.05, 4.69) is 17.4 Å². The van der Waals surface area contributed by atoms with Crippen LogP contribution in [0.5, 0.6) is 0 Å². The number of fused-ring (bicyclic) bond motifs is 1. The second-order valence-corrected chi connectivity index (χ2v) is 7.25. The third-order valence-corrected chi connectivity index (χ3v) is 5.30. The minimum absolute atomic E-state index is 0.0817. The molecule has 5 heteroatoms. The van der Waals surface area contributed by atoms with Crippen molar-refractivity contribution >= 4 is 15.5 Å². The highest BCUT2D eigenvalue weighted by Crippen LogP contribution is 2.25. The first-order chi connectivity index (χ1) is 8.62. The molecule has 4 nitrogen and oxygen atoms in total. The van der Waals surface area contributed by atoms with Crippen molar-refractivity contribution in [1.29, 1.82) is 0 Å². The van der Waals surface area contributed by atoms with E-state index in [9.17, 15) is 8.42 Å². The molecule has 3 rings (SSSR count). The molecule has 18 heavy (non-hydrogen) atoms. The maximum absolute atomic E-state index is 11.4. The van der Waals surface area contributed by atoms with Crippen LogP contribution in [0.15, 0.2) is 24.3 Å². The Labute approximate surface area is 107 Å². The first-order valence-electron chi connectivity index (χ1n) is 6.30. The average Bonchev–Trinajstić information content (AvgIpc) is 2.68. The normalized spacial score (nSPS) is 29.6. The van der Waals surface area contributed by atoms with Crippen LogP contribution in [0.2, 0.25) is 0 Å². The van der Waals surface area contributed by atoms with Gasteiger partial charge in [0.2, 0.25) is 0 Å². The van der Waals surface area contributed by atoms with Crippen molar-refractivity contribution in [3.63, 3.8) is 0 Å². The van der Waals surface area contributed by atoms with Gasteiger partial charge in [0.25, 0.3) is 0 Å². The molecule has 2 aliphatic heterocycles. The summed E-state index contributed by atoms with van der Waals surface area (Å²) in [5, 5.41) is 3.33. The smallest absolute Gasteiger partial charge is 0.152 e. The molecule has 0 aromatic heterocycles. The molecule has 1 aromatic carbocycles. The molecule has 0 radical (unpaired) electrons. The third-order valence-electron chi connectivity index (χ3n) is 3.56. The lowest BCUT2D eigenvalue weighted by Crippen LogP contribution is -2.34. The van der Waals surface area contributed by atoms with Gasteiger partial charge in [-0.1, -0.05) is 18.2 Å². The minimum Gasteiger partial charge on any atom is -0.382 e. The van der Waals surface area contributed by atoms with Crippen LogP contribution >= 0.6 is 0 Å². The van der Waals surface area contributed by atoms with Crippen LogP contribution in [0.3, 0.4) is 0 Å². The molecule has 1 saturated heterocycles. The van der Waals surface area contributed by atoms with Gasteiger partial charge in [0.05, 0.1) is 23.7 Å². The molecular weight excluding hydrogens is 250 g/mol. The highest BCUT2D eigenvalue weighted by Gasteiger charge is 2.31. The highest BCUT2D eigenvalue weighted by molar-refractivity contribution is 7.91. The number of sulfone groups is 1. The van der Waals surface area contributed by atoms with Gasteiger partial charge in [-0.25, -0.2) is 8.42 Å². The zero-order valence-electron chi connectivity index (χ0n) is 10.1. The molecule has 1 N–H and O–H groups in total. The first-order valence-corrected chi connectivity index (χ1v) is 8.12. The molecule has 2 heterocycles. The Kier molecular flexibility index (Phi) is 3.03. The average molecular weight is 267 g/mol. The van der Waals surface area contributed by atoms with Crippen molar-refractivity contribution in [2.24, 2.45) is 0 Å². The fourth-order valence-corrected chi connectivity index (χ4v) is 4.25. The Hall–Kier alpha value is -1.07. The van der Waals surface area contributed by atoms with Crippen molar-refractivity contribution in [1.82, 2.24) is 0 Å². The van der Waals surface area contributed by atoms with Crippen molar-refractivity contribution in [2.75, 3.05) is 23.4 Å². The summed E-state index contributed by atoms with van der Waals surface area (Å²) in [7, 11) is -2.85. The summed E-state index contributed by atoms with van der Waals surface area (Å²) in [5.41, 5.74) is 2.41. The Balaban J connectivity index is 1.63. The van der Waals surface area contributed by atoms with Gasteiger partial charge in [-0.05, 0) is 18.1 Å². The van der Waals surface area contributed by atoms with E-state index in [1.54, 1.807) is 0 Å². The lowest BCUT2D eigenvalue weighted by atomic mass is 10.0. The largest absolute Gasteiger partial charge is 0.382 e. The monoisotopic (exact) mass is 267 g/mol. The highest BCUT2D eigenvalue weighted by atomic mass is 32.2. The van der Waals surface area contributed by atoms with Gasteiger partial charge in [0.15, 0.2) is 9.84 Å². The SMILES string of the molecule is O=S1(=O)CCC(OC2CNc3ccccc3C2)C1. The molecule has 1 aromatic rings. The van der Waals surface area contributed by atoms with Crippen LogP contribution in [-0.4, -0.2) is 38.7 Å². The predicted octanol–water partition coefficient (Wildman–Crippen LogP) is 1.23. The number of ether oxygens (including phenoxy) is 1. The number of nitrogens with one attached hydrogen (secondary N) is 1. The van der Waals surface area contributed by atoms with Gasteiger partial charge in [-0.15, -0.1) is 0 Å². The van der Waals surface area contributed by atoms with Crippen molar-refractivity contribution in [3.8, 4) is 0 Å². The molecule has 0 bridgehead atoms. The molecule has 2 aliphatic rings.